The van der Waals surface area contributed by atoms with E-state index in [9.17, 15) is 4.79 Å². The summed E-state index contributed by atoms with van der Waals surface area (Å²) in [6.45, 7) is 5.54. The van der Waals surface area contributed by atoms with Gasteiger partial charge in [-0.1, -0.05) is 20.3 Å². The highest BCUT2D eigenvalue weighted by Crippen LogP contribution is 2.63. The van der Waals surface area contributed by atoms with Crippen LogP contribution >= 0.6 is 0 Å². The zero-order valence-corrected chi connectivity index (χ0v) is 11.8. The van der Waals surface area contributed by atoms with E-state index in [2.05, 4.69) is 13.8 Å². The van der Waals surface area contributed by atoms with Crippen molar-refractivity contribution in [3.05, 3.63) is 0 Å². The third kappa shape index (κ3) is 1.49. The van der Waals surface area contributed by atoms with Crippen LogP contribution in [-0.2, 0) is 14.3 Å². The first kappa shape index (κ1) is 12.5. The van der Waals surface area contributed by atoms with Crippen LogP contribution in [0.5, 0.6) is 0 Å². The van der Waals surface area contributed by atoms with E-state index in [1.807, 2.05) is 0 Å². The summed E-state index contributed by atoms with van der Waals surface area (Å²) in [5.74, 6) is 0.556. The predicted molar refractivity (Wildman–Crippen MR) is 68.1 cm³/mol. The molecule has 3 rings (SSSR count). The Labute approximate surface area is 109 Å². The van der Waals surface area contributed by atoms with Gasteiger partial charge in [-0.2, -0.15) is 0 Å². The summed E-state index contributed by atoms with van der Waals surface area (Å²) in [4.78, 5) is 12.0. The zero-order valence-electron chi connectivity index (χ0n) is 11.8. The summed E-state index contributed by atoms with van der Waals surface area (Å²) in [6, 6.07) is 0. The number of carbonyl (C=O) groups excluding carboxylic acids is 1. The topological polar surface area (TPSA) is 35.5 Å². The van der Waals surface area contributed by atoms with E-state index in [1.54, 1.807) is 0 Å². The van der Waals surface area contributed by atoms with Crippen LogP contribution < -0.4 is 0 Å². The molecule has 3 heteroatoms. The minimum Gasteiger partial charge on any atom is -0.467 e. The van der Waals surface area contributed by atoms with Crippen molar-refractivity contribution in [2.24, 2.45) is 16.7 Å². The van der Waals surface area contributed by atoms with Crippen LogP contribution in [0.15, 0.2) is 0 Å². The highest BCUT2D eigenvalue weighted by atomic mass is 16.6. The normalized spacial score (nSPS) is 45.4. The summed E-state index contributed by atoms with van der Waals surface area (Å²) in [5, 5.41) is 0. The molecular weight excluding hydrogens is 228 g/mol. The molecule has 3 atom stereocenters. The summed E-state index contributed by atoms with van der Waals surface area (Å²) in [7, 11) is 1.47. The molecule has 102 valence electrons. The first-order chi connectivity index (χ1) is 8.44. The van der Waals surface area contributed by atoms with E-state index in [-0.39, 0.29) is 11.4 Å². The molecule has 1 aliphatic heterocycles. The number of hydrogen-bond acceptors (Lipinski definition) is 3. The molecule has 0 aromatic rings. The van der Waals surface area contributed by atoms with Gasteiger partial charge in [0.05, 0.1) is 13.7 Å². The third-order valence-corrected chi connectivity index (χ3v) is 5.85. The molecule has 3 fully saturated rings. The standard InChI is InChI=1S/C15H24O3/c1-13(2)6-4-7-14-9-15(18-10-14,12(16)17-3)8-5-11(13)14/h11H,4-10H2,1-3H3/t11-,14+,15-/m1/s1. The lowest BCUT2D eigenvalue weighted by molar-refractivity contribution is -0.166. The van der Waals surface area contributed by atoms with Crippen LogP contribution in [0.4, 0.5) is 0 Å². The molecule has 3 nitrogen and oxygen atoms in total. The molecule has 2 saturated carbocycles. The highest BCUT2D eigenvalue weighted by molar-refractivity contribution is 5.80. The van der Waals surface area contributed by atoms with E-state index >= 15 is 0 Å². The first-order valence-electron chi connectivity index (χ1n) is 7.17. The number of carbonyl (C=O) groups is 1. The molecule has 2 bridgehead atoms. The number of hydrogen-bond donors (Lipinski definition) is 0. The average molecular weight is 252 g/mol. The van der Waals surface area contributed by atoms with Crippen molar-refractivity contribution < 1.29 is 14.3 Å². The average Bonchev–Trinajstić information content (AvgIpc) is 2.61. The zero-order chi connectivity index (χ0) is 13.0. The molecule has 1 saturated heterocycles. The van der Waals surface area contributed by atoms with Crippen molar-refractivity contribution in [3.8, 4) is 0 Å². The van der Waals surface area contributed by atoms with Gasteiger partial charge in [-0.3, -0.25) is 0 Å². The second kappa shape index (κ2) is 3.72. The minimum atomic E-state index is -0.612. The van der Waals surface area contributed by atoms with E-state index in [0.29, 0.717) is 11.3 Å². The second-order valence-electron chi connectivity index (χ2n) is 7.25. The Morgan fingerprint density at radius 1 is 1.28 bits per heavy atom. The van der Waals surface area contributed by atoms with Gasteiger partial charge < -0.3 is 9.47 Å². The van der Waals surface area contributed by atoms with Crippen molar-refractivity contribution in [2.75, 3.05) is 13.7 Å². The van der Waals surface area contributed by atoms with E-state index in [1.165, 1.54) is 26.4 Å². The van der Waals surface area contributed by atoms with Gasteiger partial charge >= 0.3 is 5.97 Å². The lowest BCUT2D eigenvalue weighted by Gasteiger charge is -2.53. The van der Waals surface area contributed by atoms with Gasteiger partial charge in [0.2, 0.25) is 0 Å². The Kier molecular flexibility index (Phi) is 2.58. The molecule has 1 heterocycles. The van der Waals surface area contributed by atoms with E-state index in [0.717, 1.165) is 25.9 Å². The molecule has 0 amide bonds. The van der Waals surface area contributed by atoms with Crippen molar-refractivity contribution >= 4 is 5.97 Å². The van der Waals surface area contributed by atoms with Crippen LogP contribution in [0.1, 0.15) is 52.4 Å². The Morgan fingerprint density at radius 2 is 2.06 bits per heavy atom. The quantitative estimate of drug-likeness (QED) is 0.673. The molecule has 0 aromatic heterocycles. The van der Waals surface area contributed by atoms with Crippen molar-refractivity contribution in [2.45, 2.75) is 58.0 Å². The Balaban J connectivity index is 1.92. The number of rotatable bonds is 1. The largest absolute Gasteiger partial charge is 0.467 e. The lowest BCUT2D eigenvalue weighted by Crippen LogP contribution is -2.51. The van der Waals surface area contributed by atoms with Gasteiger partial charge in [0.25, 0.3) is 0 Å². The van der Waals surface area contributed by atoms with Gasteiger partial charge in [-0.15, -0.1) is 0 Å². The second-order valence-corrected chi connectivity index (χ2v) is 7.25. The molecule has 3 aliphatic rings. The minimum absolute atomic E-state index is 0.152. The number of fused-ring (bicyclic) bond motifs is 1. The van der Waals surface area contributed by atoms with Crippen LogP contribution in [0.3, 0.4) is 0 Å². The Hall–Kier alpha value is -0.570. The molecular formula is C15H24O3. The molecule has 1 spiro atoms. The van der Waals surface area contributed by atoms with Gasteiger partial charge in [-0.05, 0) is 43.4 Å². The fraction of sp³-hybridized carbons (Fsp3) is 0.933. The molecule has 2 aliphatic carbocycles. The van der Waals surface area contributed by atoms with Crippen molar-refractivity contribution in [1.29, 1.82) is 0 Å². The van der Waals surface area contributed by atoms with Gasteiger partial charge in [0.1, 0.15) is 0 Å². The number of methoxy groups -OCH3 is 1. The summed E-state index contributed by atoms with van der Waals surface area (Å²) < 4.78 is 11.0. The Bertz CT molecular complexity index is 376. The van der Waals surface area contributed by atoms with Gasteiger partial charge in [-0.25, -0.2) is 4.79 Å². The van der Waals surface area contributed by atoms with Crippen LogP contribution in [0.25, 0.3) is 0 Å². The fourth-order valence-electron chi connectivity index (χ4n) is 5.06. The van der Waals surface area contributed by atoms with Crippen LogP contribution in [0, 0.1) is 16.7 Å². The van der Waals surface area contributed by atoms with Gasteiger partial charge in [0, 0.05) is 5.41 Å². The predicted octanol–water partition coefficient (Wildman–Crippen LogP) is 2.93. The number of ether oxygens (including phenoxy) is 2. The Morgan fingerprint density at radius 3 is 2.78 bits per heavy atom. The first-order valence-corrected chi connectivity index (χ1v) is 7.17. The monoisotopic (exact) mass is 252 g/mol. The maximum absolute atomic E-state index is 12.0. The maximum atomic E-state index is 12.0. The van der Waals surface area contributed by atoms with E-state index < -0.39 is 5.60 Å². The van der Waals surface area contributed by atoms with Crippen molar-refractivity contribution in [1.82, 2.24) is 0 Å². The maximum Gasteiger partial charge on any atom is 0.338 e. The van der Waals surface area contributed by atoms with Crippen molar-refractivity contribution in [3.63, 3.8) is 0 Å². The molecule has 0 aromatic carbocycles. The highest BCUT2D eigenvalue weighted by Gasteiger charge is 2.63. The van der Waals surface area contributed by atoms with Crippen LogP contribution in [0.2, 0.25) is 0 Å². The fourth-order valence-corrected chi connectivity index (χ4v) is 5.06. The summed E-state index contributed by atoms with van der Waals surface area (Å²) in [5.41, 5.74) is 0.0289. The van der Waals surface area contributed by atoms with E-state index in [4.69, 9.17) is 9.47 Å². The molecule has 0 N–H and O–H groups in total. The molecule has 0 radical (unpaired) electrons. The molecule has 0 unspecified atom stereocenters. The van der Waals surface area contributed by atoms with Crippen LogP contribution in [-0.4, -0.2) is 25.3 Å². The SMILES string of the molecule is COC(=O)[C@]12CC[C@@H]3C(C)(C)CCC[C@@]3(CO1)C2. The lowest BCUT2D eigenvalue weighted by atomic mass is 9.50. The summed E-state index contributed by atoms with van der Waals surface area (Å²) >= 11 is 0. The number of esters is 1. The van der Waals surface area contributed by atoms with Gasteiger partial charge in [0.15, 0.2) is 5.60 Å². The third-order valence-electron chi connectivity index (χ3n) is 5.85. The summed E-state index contributed by atoms with van der Waals surface area (Å²) in [6.07, 6.45) is 6.65. The molecule has 18 heavy (non-hydrogen) atoms. The smallest absolute Gasteiger partial charge is 0.338 e.